The predicted molar refractivity (Wildman–Crippen MR) is 174 cm³/mol. The Balaban J connectivity index is 1.43. The van der Waals surface area contributed by atoms with E-state index in [0.717, 1.165) is 27.2 Å². The molecule has 3 N–H and O–H groups in total. The number of benzene rings is 3. The highest BCUT2D eigenvalue weighted by Crippen LogP contribution is 2.41. The number of carbonyl (C=O) groups is 1. The zero-order valence-electron chi connectivity index (χ0n) is 25.4. The van der Waals surface area contributed by atoms with Crippen LogP contribution in [0.5, 0.6) is 0 Å². The molecule has 0 aliphatic heterocycles. The van der Waals surface area contributed by atoms with E-state index in [9.17, 15) is 23.3 Å². The van der Waals surface area contributed by atoms with E-state index >= 15 is 0 Å². The lowest BCUT2D eigenvalue weighted by Crippen LogP contribution is -2.15. The van der Waals surface area contributed by atoms with Gasteiger partial charge in [-0.25, -0.2) is 13.4 Å². The quantitative estimate of drug-likeness (QED) is 0.109. The smallest absolute Gasteiger partial charge is 0.270 e. The van der Waals surface area contributed by atoms with Crippen LogP contribution >= 0.6 is 11.8 Å². The zero-order chi connectivity index (χ0) is 32.5. The van der Waals surface area contributed by atoms with Crippen molar-refractivity contribution in [3.05, 3.63) is 88.6 Å². The van der Waals surface area contributed by atoms with Gasteiger partial charge < -0.3 is 5.32 Å². The highest BCUT2D eigenvalue weighted by molar-refractivity contribution is 7.99. The number of hydrogen-bond acceptors (Lipinski definition) is 8. The van der Waals surface area contributed by atoms with E-state index in [0.29, 0.717) is 23.5 Å². The molecule has 45 heavy (non-hydrogen) atoms. The van der Waals surface area contributed by atoms with Gasteiger partial charge in [0.1, 0.15) is 0 Å². The summed E-state index contributed by atoms with van der Waals surface area (Å²) in [6.07, 6.45) is 0.420. The molecular weight excluding hydrogens is 615 g/mol. The Morgan fingerprint density at radius 2 is 1.78 bits per heavy atom. The molecule has 0 spiro atoms. The Kier molecular flexibility index (Phi) is 8.72. The van der Waals surface area contributed by atoms with Gasteiger partial charge in [0, 0.05) is 40.1 Å². The fraction of sp³-hybridized carbons (Fsp3) is 0.258. The highest BCUT2D eigenvalue weighted by atomic mass is 32.2. The number of sulfonamides is 1. The minimum Gasteiger partial charge on any atom is -0.325 e. The number of aromatic amines is 1. The van der Waals surface area contributed by atoms with Gasteiger partial charge in [-0.3, -0.25) is 24.7 Å². The topological polar surface area (TPSA) is 164 Å². The van der Waals surface area contributed by atoms with Crippen LogP contribution in [0.1, 0.15) is 46.7 Å². The number of fused-ring (bicyclic) bond motifs is 1. The molecule has 12 nitrogen and oxygen atoms in total. The Morgan fingerprint density at radius 3 is 2.44 bits per heavy atom. The standard InChI is InChI=1S/C31H33N7O5S2/c1-19(2)17-26(39)32-24-11-6-7-12-25(24)44-27-28(31(3,4)5)34-37-30(27)33-29(35-37)20-13-15-21(16-14-20)36-45(42,43)23-10-8-9-22(18-23)38(40)41/h6-16,18-19,34,36H,17H2,1-5H3,(H,32,39). The van der Waals surface area contributed by atoms with Crippen molar-refractivity contribution in [3.63, 3.8) is 0 Å². The number of para-hydroxylation sites is 1. The van der Waals surface area contributed by atoms with Crippen LogP contribution in [0.2, 0.25) is 0 Å². The number of aromatic nitrogens is 4. The van der Waals surface area contributed by atoms with Crippen molar-refractivity contribution in [2.75, 3.05) is 10.0 Å². The van der Waals surface area contributed by atoms with Gasteiger partial charge in [-0.1, -0.05) is 64.6 Å². The molecule has 2 heterocycles. The molecule has 0 aliphatic carbocycles. The molecule has 14 heteroatoms. The van der Waals surface area contributed by atoms with E-state index in [1.54, 1.807) is 28.9 Å². The molecular formula is C31H33N7O5S2. The molecule has 0 radical (unpaired) electrons. The van der Waals surface area contributed by atoms with Gasteiger partial charge in [0.15, 0.2) is 11.5 Å². The van der Waals surface area contributed by atoms with E-state index in [1.165, 1.54) is 30.0 Å². The molecule has 5 aromatic rings. The lowest BCUT2D eigenvalue weighted by Gasteiger charge is -2.19. The van der Waals surface area contributed by atoms with Crippen LogP contribution in [0.4, 0.5) is 17.1 Å². The van der Waals surface area contributed by atoms with Gasteiger partial charge in [-0.2, -0.15) is 4.63 Å². The van der Waals surface area contributed by atoms with E-state index in [2.05, 4.69) is 41.0 Å². The van der Waals surface area contributed by atoms with Gasteiger partial charge in [-0.05, 0) is 48.4 Å². The molecule has 0 unspecified atom stereocenters. The average Bonchev–Trinajstić information content (AvgIpc) is 3.53. The van der Waals surface area contributed by atoms with E-state index < -0.39 is 14.9 Å². The molecule has 0 fully saturated rings. The molecule has 2 aromatic heterocycles. The molecule has 0 saturated heterocycles. The maximum absolute atomic E-state index is 12.9. The highest BCUT2D eigenvalue weighted by Gasteiger charge is 2.27. The number of non-ortho nitro benzene ring substituents is 1. The Labute approximate surface area is 264 Å². The predicted octanol–water partition coefficient (Wildman–Crippen LogP) is 6.87. The van der Waals surface area contributed by atoms with Gasteiger partial charge >= 0.3 is 0 Å². The SMILES string of the molecule is CC(C)CC(=O)Nc1ccccc1Sc1c(C(C)(C)C)[nH]n2nc(-c3ccc(NS(=O)(=O)c4cccc([N+](=O)[O-])c4)cc3)nc12. The van der Waals surface area contributed by atoms with Crippen molar-refractivity contribution in [1.29, 1.82) is 0 Å². The number of nitro benzene ring substituents is 1. The van der Waals surface area contributed by atoms with Gasteiger partial charge in [0.25, 0.3) is 15.7 Å². The number of nitrogens with zero attached hydrogens (tertiary/aromatic N) is 4. The van der Waals surface area contributed by atoms with Gasteiger partial charge in [0.2, 0.25) is 5.91 Å². The molecule has 1 amide bonds. The molecule has 0 bridgehead atoms. The van der Waals surface area contributed by atoms with E-state index in [4.69, 9.17) is 4.98 Å². The number of H-pyrrole nitrogens is 1. The van der Waals surface area contributed by atoms with Crippen molar-refractivity contribution < 1.29 is 18.1 Å². The van der Waals surface area contributed by atoms with Gasteiger partial charge in [0.05, 0.1) is 26.1 Å². The summed E-state index contributed by atoms with van der Waals surface area (Å²) in [7, 11) is -4.05. The second-order valence-electron chi connectivity index (χ2n) is 11.9. The Bertz CT molecular complexity index is 1990. The first-order valence-corrected chi connectivity index (χ1v) is 16.4. The largest absolute Gasteiger partial charge is 0.325 e. The van der Waals surface area contributed by atoms with Crippen LogP contribution in [0.25, 0.3) is 17.0 Å². The Hall–Kier alpha value is -4.69. The zero-order valence-corrected chi connectivity index (χ0v) is 27.0. The van der Waals surface area contributed by atoms with Crippen LogP contribution in [0.3, 0.4) is 0 Å². The fourth-order valence-corrected chi connectivity index (χ4v) is 6.91. The van der Waals surface area contributed by atoms with Crippen LogP contribution in [-0.4, -0.2) is 39.1 Å². The summed E-state index contributed by atoms with van der Waals surface area (Å²) < 4.78 is 29.8. The van der Waals surface area contributed by atoms with Crippen molar-refractivity contribution in [2.45, 2.75) is 61.1 Å². The van der Waals surface area contributed by atoms with Crippen LogP contribution in [0.15, 0.2) is 87.5 Å². The maximum atomic E-state index is 12.9. The first-order valence-electron chi connectivity index (χ1n) is 14.1. The number of rotatable bonds is 10. The second-order valence-corrected chi connectivity index (χ2v) is 14.7. The summed E-state index contributed by atoms with van der Waals surface area (Å²) in [5, 5.41) is 22.2. The fourth-order valence-electron chi connectivity index (χ4n) is 4.54. The number of nitrogens with one attached hydrogen (secondary N) is 3. The van der Waals surface area contributed by atoms with Crippen molar-refractivity contribution >= 4 is 50.4 Å². The lowest BCUT2D eigenvalue weighted by atomic mass is 9.92. The maximum Gasteiger partial charge on any atom is 0.270 e. The number of anilines is 2. The summed E-state index contributed by atoms with van der Waals surface area (Å²) in [5.41, 5.74) is 2.61. The van der Waals surface area contributed by atoms with Crippen LogP contribution in [0, 0.1) is 16.0 Å². The third-order valence-electron chi connectivity index (χ3n) is 6.71. The second kappa shape index (κ2) is 12.4. The Morgan fingerprint density at radius 1 is 1.07 bits per heavy atom. The van der Waals surface area contributed by atoms with Gasteiger partial charge in [-0.15, -0.1) is 5.10 Å². The van der Waals surface area contributed by atoms with E-state index in [-0.39, 0.29) is 33.5 Å². The van der Waals surface area contributed by atoms with E-state index in [1.807, 2.05) is 38.1 Å². The number of carbonyl (C=O) groups excluding carboxylic acids is 1. The first kappa shape index (κ1) is 31.7. The first-order chi connectivity index (χ1) is 21.2. The van der Waals surface area contributed by atoms with Crippen molar-refractivity contribution in [3.8, 4) is 11.4 Å². The molecule has 0 aliphatic rings. The molecule has 0 atom stereocenters. The summed E-state index contributed by atoms with van der Waals surface area (Å²) >= 11 is 1.49. The third-order valence-corrected chi connectivity index (χ3v) is 9.25. The van der Waals surface area contributed by atoms with Crippen LogP contribution < -0.4 is 10.0 Å². The van der Waals surface area contributed by atoms with Crippen molar-refractivity contribution in [1.82, 2.24) is 19.8 Å². The summed E-state index contributed by atoms with van der Waals surface area (Å²) in [4.78, 5) is 29.4. The average molecular weight is 648 g/mol. The minimum atomic E-state index is -4.05. The lowest BCUT2D eigenvalue weighted by molar-refractivity contribution is -0.385. The monoisotopic (exact) mass is 647 g/mol. The number of amides is 1. The summed E-state index contributed by atoms with van der Waals surface area (Å²) in [5.74, 6) is 0.613. The molecule has 5 rings (SSSR count). The summed E-state index contributed by atoms with van der Waals surface area (Å²) in [6, 6.07) is 19.0. The third kappa shape index (κ3) is 7.18. The molecule has 0 saturated carbocycles. The van der Waals surface area contributed by atoms with Crippen molar-refractivity contribution in [2.24, 2.45) is 5.92 Å². The minimum absolute atomic E-state index is 0.0473. The molecule has 234 valence electrons. The number of hydrogen-bond donors (Lipinski definition) is 3. The number of nitro groups is 1. The van der Waals surface area contributed by atoms with Crippen LogP contribution in [-0.2, 0) is 20.2 Å². The summed E-state index contributed by atoms with van der Waals surface area (Å²) in [6.45, 7) is 10.3. The normalized spacial score (nSPS) is 12.0. The molecule has 3 aromatic carbocycles.